The molecule has 0 saturated carbocycles. The van der Waals surface area contributed by atoms with Crippen LogP contribution in [0, 0.1) is 0 Å². The zero-order chi connectivity index (χ0) is 12.3. The Morgan fingerprint density at radius 3 is 2.41 bits per heavy atom. The molecule has 88 valence electrons. The molecule has 17 heavy (non-hydrogen) atoms. The SMILES string of the molecule is CCc1ccc(Sc2ccc(O)cc2)c(Cl)c1. The Balaban J connectivity index is 2.21. The molecule has 0 saturated heterocycles. The summed E-state index contributed by atoms with van der Waals surface area (Å²) in [5.74, 6) is 0.279. The monoisotopic (exact) mass is 264 g/mol. The third-order valence-electron chi connectivity index (χ3n) is 2.47. The number of aromatic hydroxyl groups is 1. The number of hydrogen-bond donors (Lipinski definition) is 1. The number of benzene rings is 2. The normalized spacial score (nSPS) is 10.5. The van der Waals surface area contributed by atoms with Gasteiger partial charge in [-0.15, -0.1) is 0 Å². The van der Waals surface area contributed by atoms with Gasteiger partial charge >= 0.3 is 0 Å². The summed E-state index contributed by atoms with van der Waals surface area (Å²) in [6, 6.07) is 13.2. The van der Waals surface area contributed by atoms with Crippen LogP contribution in [0.5, 0.6) is 5.75 Å². The van der Waals surface area contributed by atoms with Crippen molar-refractivity contribution >= 4 is 23.4 Å². The van der Waals surface area contributed by atoms with Crippen LogP contribution in [0.3, 0.4) is 0 Å². The number of phenolic OH excluding ortho intramolecular Hbond substituents is 1. The second-order valence-corrected chi connectivity index (χ2v) is 5.24. The second kappa shape index (κ2) is 5.48. The Kier molecular flexibility index (Phi) is 3.97. The highest BCUT2D eigenvalue weighted by atomic mass is 35.5. The van der Waals surface area contributed by atoms with E-state index in [2.05, 4.69) is 13.0 Å². The van der Waals surface area contributed by atoms with Crippen molar-refractivity contribution in [1.29, 1.82) is 0 Å². The first kappa shape index (κ1) is 12.3. The van der Waals surface area contributed by atoms with Crippen LogP contribution >= 0.6 is 23.4 Å². The highest BCUT2D eigenvalue weighted by Crippen LogP contribution is 2.34. The molecule has 0 amide bonds. The Bertz CT molecular complexity index is 508. The number of hydrogen-bond acceptors (Lipinski definition) is 2. The van der Waals surface area contributed by atoms with E-state index in [4.69, 9.17) is 11.6 Å². The molecule has 0 atom stereocenters. The van der Waals surface area contributed by atoms with E-state index < -0.39 is 0 Å². The van der Waals surface area contributed by atoms with Crippen molar-refractivity contribution < 1.29 is 5.11 Å². The molecule has 1 nitrogen and oxygen atoms in total. The topological polar surface area (TPSA) is 20.2 Å². The van der Waals surface area contributed by atoms with Crippen molar-refractivity contribution in [3.8, 4) is 5.75 Å². The fourth-order valence-corrected chi connectivity index (χ4v) is 2.63. The number of aryl methyl sites for hydroxylation is 1. The minimum absolute atomic E-state index is 0.279. The Morgan fingerprint density at radius 1 is 1.12 bits per heavy atom. The summed E-state index contributed by atoms with van der Waals surface area (Å²) in [7, 11) is 0. The van der Waals surface area contributed by atoms with Gasteiger partial charge in [-0.05, 0) is 48.4 Å². The number of phenols is 1. The zero-order valence-corrected chi connectivity index (χ0v) is 11.1. The van der Waals surface area contributed by atoms with E-state index in [1.54, 1.807) is 23.9 Å². The lowest BCUT2D eigenvalue weighted by molar-refractivity contribution is 0.475. The van der Waals surface area contributed by atoms with Gasteiger partial charge in [0.25, 0.3) is 0 Å². The van der Waals surface area contributed by atoms with Gasteiger partial charge in [0.15, 0.2) is 0 Å². The van der Waals surface area contributed by atoms with Crippen molar-refractivity contribution in [2.45, 2.75) is 23.1 Å². The molecule has 0 radical (unpaired) electrons. The molecule has 0 aliphatic heterocycles. The average molecular weight is 265 g/mol. The van der Waals surface area contributed by atoms with Crippen LogP contribution in [0.4, 0.5) is 0 Å². The summed E-state index contributed by atoms with van der Waals surface area (Å²) in [5.41, 5.74) is 1.24. The summed E-state index contributed by atoms with van der Waals surface area (Å²) < 4.78 is 0. The Morgan fingerprint density at radius 2 is 1.82 bits per heavy atom. The van der Waals surface area contributed by atoms with E-state index >= 15 is 0 Å². The van der Waals surface area contributed by atoms with Gasteiger partial charge < -0.3 is 5.11 Å². The maximum atomic E-state index is 9.21. The zero-order valence-electron chi connectivity index (χ0n) is 9.48. The summed E-state index contributed by atoms with van der Waals surface area (Å²) in [6.07, 6.45) is 0.990. The van der Waals surface area contributed by atoms with E-state index in [-0.39, 0.29) is 5.75 Å². The van der Waals surface area contributed by atoms with Gasteiger partial charge in [-0.3, -0.25) is 0 Å². The first-order chi connectivity index (χ1) is 8.19. The molecule has 0 aliphatic carbocycles. The van der Waals surface area contributed by atoms with Gasteiger partial charge in [0, 0.05) is 9.79 Å². The fraction of sp³-hybridized carbons (Fsp3) is 0.143. The fourth-order valence-electron chi connectivity index (χ4n) is 1.49. The minimum atomic E-state index is 0.279. The summed E-state index contributed by atoms with van der Waals surface area (Å²) in [6.45, 7) is 2.11. The lowest BCUT2D eigenvalue weighted by Gasteiger charge is -2.06. The van der Waals surface area contributed by atoms with E-state index in [0.717, 1.165) is 21.2 Å². The standard InChI is InChI=1S/C14H13ClOS/c1-2-10-3-8-14(13(15)9-10)17-12-6-4-11(16)5-7-12/h3-9,16H,2H2,1H3. The van der Waals surface area contributed by atoms with Crippen LogP contribution in [0.2, 0.25) is 5.02 Å². The predicted octanol–water partition coefficient (Wildman–Crippen LogP) is 4.76. The highest BCUT2D eigenvalue weighted by molar-refractivity contribution is 7.99. The molecule has 0 heterocycles. The Labute approximate surface area is 110 Å². The van der Waals surface area contributed by atoms with Gasteiger partial charge in [-0.25, -0.2) is 0 Å². The van der Waals surface area contributed by atoms with Crippen molar-refractivity contribution in [2.24, 2.45) is 0 Å². The lowest BCUT2D eigenvalue weighted by atomic mass is 10.2. The molecule has 0 unspecified atom stereocenters. The van der Waals surface area contributed by atoms with Crippen LogP contribution in [0.25, 0.3) is 0 Å². The molecule has 3 heteroatoms. The first-order valence-corrected chi connectivity index (χ1v) is 6.64. The van der Waals surface area contributed by atoms with Crippen molar-refractivity contribution in [2.75, 3.05) is 0 Å². The molecule has 0 spiro atoms. The Hall–Kier alpha value is -1.12. The summed E-state index contributed by atoms with van der Waals surface area (Å²) in [5, 5.41) is 9.99. The van der Waals surface area contributed by atoms with Gasteiger partial charge in [0.2, 0.25) is 0 Å². The molecule has 0 aromatic heterocycles. The second-order valence-electron chi connectivity index (χ2n) is 3.71. The van der Waals surface area contributed by atoms with Gasteiger partial charge in [-0.2, -0.15) is 0 Å². The lowest BCUT2D eigenvalue weighted by Crippen LogP contribution is -1.81. The van der Waals surface area contributed by atoms with Gasteiger partial charge in [0.05, 0.1) is 5.02 Å². The average Bonchev–Trinajstić information content (AvgIpc) is 2.34. The number of rotatable bonds is 3. The molecule has 2 aromatic carbocycles. The van der Waals surface area contributed by atoms with Crippen LogP contribution in [0.1, 0.15) is 12.5 Å². The van der Waals surface area contributed by atoms with E-state index in [0.29, 0.717) is 0 Å². The maximum absolute atomic E-state index is 9.21. The van der Waals surface area contributed by atoms with Crippen molar-refractivity contribution in [3.63, 3.8) is 0 Å². The molecule has 2 aromatic rings. The van der Waals surface area contributed by atoms with E-state index in [9.17, 15) is 5.11 Å². The first-order valence-electron chi connectivity index (χ1n) is 5.44. The molecule has 1 N–H and O–H groups in total. The smallest absolute Gasteiger partial charge is 0.115 e. The molecular weight excluding hydrogens is 252 g/mol. The van der Waals surface area contributed by atoms with Crippen LogP contribution in [-0.2, 0) is 6.42 Å². The number of halogens is 1. The van der Waals surface area contributed by atoms with Crippen LogP contribution in [-0.4, -0.2) is 5.11 Å². The predicted molar refractivity (Wildman–Crippen MR) is 73.1 cm³/mol. The van der Waals surface area contributed by atoms with Crippen LogP contribution in [0.15, 0.2) is 52.3 Å². The molecule has 0 bridgehead atoms. The molecular formula is C14H13ClOS. The molecule has 2 rings (SSSR count). The highest BCUT2D eigenvalue weighted by Gasteiger charge is 2.03. The van der Waals surface area contributed by atoms with Crippen molar-refractivity contribution in [3.05, 3.63) is 53.1 Å². The summed E-state index contributed by atoms with van der Waals surface area (Å²) >= 11 is 7.82. The van der Waals surface area contributed by atoms with Crippen molar-refractivity contribution in [1.82, 2.24) is 0 Å². The van der Waals surface area contributed by atoms with Gasteiger partial charge in [-0.1, -0.05) is 36.4 Å². The largest absolute Gasteiger partial charge is 0.508 e. The molecule has 0 aliphatic rings. The minimum Gasteiger partial charge on any atom is -0.508 e. The van der Waals surface area contributed by atoms with Crippen LogP contribution < -0.4 is 0 Å². The van der Waals surface area contributed by atoms with E-state index in [1.807, 2.05) is 24.3 Å². The van der Waals surface area contributed by atoms with Gasteiger partial charge in [0.1, 0.15) is 5.75 Å². The molecule has 0 fully saturated rings. The third-order valence-corrected chi connectivity index (χ3v) is 3.98. The third kappa shape index (κ3) is 3.18. The quantitative estimate of drug-likeness (QED) is 0.863. The summed E-state index contributed by atoms with van der Waals surface area (Å²) in [4.78, 5) is 2.10. The van der Waals surface area contributed by atoms with E-state index in [1.165, 1.54) is 5.56 Å². The maximum Gasteiger partial charge on any atom is 0.115 e.